The van der Waals surface area contributed by atoms with Crippen LogP contribution in [0, 0.1) is 5.92 Å². The van der Waals surface area contributed by atoms with Crippen LogP contribution in [0.4, 0.5) is 0 Å². The molecule has 0 aromatic carbocycles. The predicted octanol–water partition coefficient (Wildman–Crippen LogP) is 1.52. The second-order valence-electron chi connectivity index (χ2n) is 4.72. The van der Waals surface area contributed by atoms with Crippen LogP contribution < -0.4 is 10.6 Å². The SMILES string of the molecule is CC1CCCCC1NC1CCNC1. The summed E-state index contributed by atoms with van der Waals surface area (Å²) < 4.78 is 0. The molecule has 0 bridgehead atoms. The third-order valence-electron chi connectivity index (χ3n) is 3.62. The summed E-state index contributed by atoms with van der Waals surface area (Å²) in [7, 11) is 0. The molecular weight excluding hydrogens is 160 g/mol. The van der Waals surface area contributed by atoms with Crippen molar-refractivity contribution >= 4 is 0 Å². The monoisotopic (exact) mass is 182 g/mol. The van der Waals surface area contributed by atoms with Crippen molar-refractivity contribution in [3.63, 3.8) is 0 Å². The van der Waals surface area contributed by atoms with Crippen LogP contribution in [0.25, 0.3) is 0 Å². The van der Waals surface area contributed by atoms with Crippen molar-refractivity contribution in [2.24, 2.45) is 5.92 Å². The molecule has 2 N–H and O–H groups in total. The molecule has 0 aromatic heterocycles. The molecule has 2 heteroatoms. The lowest BCUT2D eigenvalue weighted by Gasteiger charge is -2.31. The fourth-order valence-corrected chi connectivity index (χ4v) is 2.66. The van der Waals surface area contributed by atoms with Crippen molar-refractivity contribution in [3.05, 3.63) is 0 Å². The zero-order valence-electron chi connectivity index (χ0n) is 8.68. The van der Waals surface area contributed by atoms with Crippen LogP contribution in [0.5, 0.6) is 0 Å². The molecule has 1 heterocycles. The van der Waals surface area contributed by atoms with E-state index >= 15 is 0 Å². The lowest BCUT2D eigenvalue weighted by molar-refractivity contribution is 0.262. The van der Waals surface area contributed by atoms with Crippen molar-refractivity contribution in [2.45, 2.75) is 51.1 Å². The Morgan fingerprint density at radius 2 is 2.00 bits per heavy atom. The van der Waals surface area contributed by atoms with E-state index in [9.17, 15) is 0 Å². The van der Waals surface area contributed by atoms with E-state index in [0.717, 1.165) is 18.0 Å². The molecule has 1 aliphatic heterocycles. The van der Waals surface area contributed by atoms with Gasteiger partial charge >= 0.3 is 0 Å². The summed E-state index contributed by atoms with van der Waals surface area (Å²) in [5.41, 5.74) is 0. The molecule has 0 aromatic rings. The van der Waals surface area contributed by atoms with E-state index in [1.807, 2.05) is 0 Å². The Bertz CT molecular complexity index is 152. The Balaban J connectivity index is 1.78. The maximum Gasteiger partial charge on any atom is 0.0207 e. The lowest BCUT2D eigenvalue weighted by atomic mass is 9.85. The van der Waals surface area contributed by atoms with Gasteiger partial charge in [0.1, 0.15) is 0 Å². The molecule has 2 nitrogen and oxygen atoms in total. The minimum Gasteiger partial charge on any atom is -0.315 e. The van der Waals surface area contributed by atoms with Gasteiger partial charge < -0.3 is 10.6 Å². The summed E-state index contributed by atoms with van der Waals surface area (Å²) in [6.45, 7) is 4.79. The van der Waals surface area contributed by atoms with Gasteiger partial charge in [0.25, 0.3) is 0 Å². The summed E-state index contributed by atoms with van der Waals surface area (Å²) >= 11 is 0. The summed E-state index contributed by atoms with van der Waals surface area (Å²) in [5, 5.41) is 7.22. The Morgan fingerprint density at radius 3 is 2.69 bits per heavy atom. The van der Waals surface area contributed by atoms with Gasteiger partial charge in [0.15, 0.2) is 0 Å². The first-order valence-corrected chi connectivity index (χ1v) is 5.83. The quantitative estimate of drug-likeness (QED) is 0.676. The predicted molar refractivity (Wildman–Crippen MR) is 55.8 cm³/mol. The fraction of sp³-hybridized carbons (Fsp3) is 1.00. The average Bonchev–Trinajstić information content (AvgIpc) is 2.61. The van der Waals surface area contributed by atoms with E-state index < -0.39 is 0 Å². The highest BCUT2D eigenvalue weighted by Gasteiger charge is 2.24. The first kappa shape index (κ1) is 9.47. The molecule has 76 valence electrons. The topological polar surface area (TPSA) is 24.1 Å². The molecule has 3 atom stereocenters. The van der Waals surface area contributed by atoms with Gasteiger partial charge in [0.05, 0.1) is 0 Å². The lowest BCUT2D eigenvalue weighted by Crippen LogP contribution is -2.44. The molecule has 1 saturated heterocycles. The number of rotatable bonds is 2. The third-order valence-corrected chi connectivity index (χ3v) is 3.62. The summed E-state index contributed by atoms with van der Waals surface area (Å²) in [5.74, 6) is 0.898. The Kier molecular flexibility index (Phi) is 3.23. The van der Waals surface area contributed by atoms with E-state index in [1.54, 1.807) is 0 Å². The van der Waals surface area contributed by atoms with Crippen molar-refractivity contribution in [1.29, 1.82) is 0 Å². The maximum absolute atomic E-state index is 3.81. The molecule has 1 aliphatic carbocycles. The van der Waals surface area contributed by atoms with Crippen LogP contribution in [0.15, 0.2) is 0 Å². The number of nitrogens with one attached hydrogen (secondary N) is 2. The van der Waals surface area contributed by atoms with Gasteiger partial charge in [-0.05, 0) is 31.7 Å². The number of hydrogen-bond acceptors (Lipinski definition) is 2. The molecule has 0 amide bonds. The molecule has 2 aliphatic rings. The van der Waals surface area contributed by atoms with Gasteiger partial charge in [-0.2, -0.15) is 0 Å². The Labute approximate surface area is 81.5 Å². The van der Waals surface area contributed by atoms with Crippen LogP contribution in [-0.4, -0.2) is 25.2 Å². The van der Waals surface area contributed by atoms with Crippen molar-refractivity contribution in [3.8, 4) is 0 Å². The summed E-state index contributed by atoms with van der Waals surface area (Å²) in [4.78, 5) is 0. The number of hydrogen-bond donors (Lipinski definition) is 2. The summed E-state index contributed by atoms with van der Waals surface area (Å²) in [6, 6.07) is 1.56. The second-order valence-corrected chi connectivity index (χ2v) is 4.72. The molecule has 13 heavy (non-hydrogen) atoms. The smallest absolute Gasteiger partial charge is 0.0207 e. The van der Waals surface area contributed by atoms with Crippen LogP contribution in [0.2, 0.25) is 0 Å². The molecular formula is C11H22N2. The van der Waals surface area contributed by atoms with Gasteiger partial charge in [0.2, 0.25) is 0 Å². The molecule has 1 saturated carbocycles. The average molecular weight is 182 g/mol. The van der Waals surface area contributed by atoms with Gasteiger partial charge in [-0.3, -0.25) is 0 Å². The first-order chi connectivity index (χ1) is 6.36. The zero-order valence-corrected chi connectivity index (χ0v) is 8.68. The standard InChI is InChI=1S/C11H22N2/c1-9-4-2-3-5-11(9)13-10-6-7-12-8-10/h9-13H,2-8H2,1H3. The van der Waals surface area contributed by atoms with Gasteiger partial charge in [0, 0.05) is 18.6 Å². The van der Waals surface area contributed by atoms with Gasteiger partial charge in [-0.15, -0.1) is 0 Å². The second kappa shape index (κ2) is 4.43. The molecule has 0 radical (unpaired) electrons. The first-order valence-electron chi connectivity index (χ1n) is 5.83. The largest absolute Gasteiger partial charge is 0.315 e. The highest BCUT2D eigenvalue weighted by Crippen LogP contribution is 2.24. The van der Waals surface area contributed by atoms with Crippen LogP contribution in [0.1, 0.15) is 39.0 Å². The molecule has 2 fully saturated rings. The third kappa shape index (κ3) is 2.44. The molecule has 0 spiro atoms. The van der Waals surface area contributed by atoms with Crippen LogP contribution in [-0.2, 0) is 0 Å². The van der Waals surface area contributed by atoms with Crippen molar-refractivity contribution < 1.29 is 0 Å². The van der Waals surface area contributed by atoms with E-state index in [0.29, 0.717) is 0 Å². The Morgan fingerprint density at radius 1 is 1.15 bits per heavy atom. The minimum absolute atomic E-state index is 0.755. The summed E-state index contributed by atoms with van der Waals surface area (Å²) in [6.07, 6.45) is 7.03. The highest BCUT2D eigenvalue weighted by molar-refractivity contribution is 4.85. The fourth-order valence-electron chi connectivity index (χ4n) is 2.66. The van der Waals surface area contributed by atoms with E-state index in [-0.39, 0.29) is 0 Å². The minimum atomic E-state index is 0.755. The normalized spacial score (nSPS) is 40.8. The molecule has 3 unspecified atom stereocenters. The highest BCUT2D eigenvalue weighted by atomic mass is 15.0. The van der Waals surface area contributed by atoms with Gasteiger partial charge in [-0.1, -0.05) is 19.8 Å². The molecule has 2 rings (SSSR count). The van der Waals surface area contributed by atoms with E-state index in [2.05, 4.69) is 17.6 Å². The van der Waals surface area contributed by atoms with E-state index in [1.165, 1.54) is 45.2 Å². The van der Waals surface area contributed by atoms with Crippen molar-refractivity contribution in [2.75, 3.05) is 13.1 Å². The maximum atomic E-state index is 3.81. The zero-order chi connectivity index (χ0) is 9.10. The van der Waals surface area contributed by atoms with Gasteiger partial charge in [-0.25, -0.2) is 0 Å². The van der Waals surface area contributed by atoms with Crippen LogP contribution in [0.3, 0.4) is 0 Å². The Hall–Kier alpha value is -0.0800. The van der Waals surface area contributed by atoms with E-state index in [4.69, 9.17) is 0 Å². The van der Waals surface area contributed by atoms with Crippen molar-refractivity contribution in [1.82, 2.24) is 10.6 Å². The van der Waals surface area contributed by atoms with Crippen LogP contribution >= 0.6 is 0 Å².